The van der Waals surface area contributed by atoms with Crippen LogP contribution in [0.5, 0.6) is 5.75 Å². The van der Waals surface area contributed by atoms with Gasteiger partial charge in [0.15, 0.2) is 0 Å². The molecule has 0 spiro atoms. The Kier molecular flexibility index (Phi) is 4.08. The molecule has 0 radical (unpaired) electrons. The highest BCUT2D eigenvalue weighted by molar-refractivity contribution is 5.85. The number of primary amides is 1. The van der Waals surface area contributed by atoms with Crippen LogP contribution in [0.4, 0.5) is 10.1 Å². The van der Waals surface area contributed by atoms with Gasteiger partial charge in [0.1, 0.15) is 17.9 Å². The molecule has 21 heavy (non-hydrogen) atoms. The third kappa shape index (κ3) is 2.94. The number of nitrogens with two attached hydrogens (primary N) is 1. The fourth-order valence-electron chi connectivity index (χ4n) is 2.29. The number of likely N-dealkylation sites (N-methyl/N-ethyl adjacent to an activating group) is 1. The molecule has 0 aliphatic heterocycles. The molecule has 1 aliphatic carbocycles. The van der Waals surface area contributed by atoms with E-state index in [1.54, 1.807) is 7.05 Å². The van der Waals surface area contributed by atoms with E-state index < -0.39 is 27.9 Å². The number of nitrogens with one attached hydrogen (secondary N) is 1. The number of nitro benzene ring substituents is 1. The van der Waals surface area contributed by atoms with Crippen LogP contribution in [0.3, 0.4) is 0 Å². The Labute approximate surface area is 120 Å². The van der Waals surface area contributed by atoms with Crippen molar-refractivity contribution in [2.24, 2.45) is 11.7 Å². The summed E-state index contributed by atoms with van der Waals surface area (Å²) in [7, 11) is 1.61. The lowest BCUT2D eigenvalue weighted by atomic mass is 9.93. The van der Waals surface area contributed by atoms with E-state index in [0.717, 1.165) is 25.0 Å². The van der Waals surface area contributed by atoms with Gasteiger partial charge in [0.05, 0.1) is 4.92 Å². The smallest absolute Gasteiger partial charge is 0.305 e. The molecular weight excluding hydrogens is 281 g/mol. The maximum absolute atomic E-state index is 13.5. The predicted octanol–water partition coefficient (Wildman–Crippen LogP) is 0.966. The van der Waals surface area contributed by atoms with Crippen LogP contribution < -0.4 is 15.8 Å². The van der Waals surface area contributed by atoms with E-state index >= 15 is 0 Å². The van der Waals surface area contributed by atoms with Crippen LogP contribution in [0.15, 0.2) is 18.2 Å². The Morgan fingerprint density at radius 2 is 2.29 bits per heavy atom. The summed E-state index contributed by atoms with van der Waals surface area (Å²) in [6, 6.07) is 3.23. The first-order valence-electron chi connectivity index (χ1n) is 6.46. The standard InChI is InChI=1S/C13H16FN3O4/c1-16-13(12(15)18,8-2-3-8)7-21-9-4-5-11(17(19)20)10(14)6-9/h4-6,8,16H,2-3,7H2,1H3,(H2,15,18). The third-order valence-electron chi connectivity index (χ3n) is 3.74. The summed E-state index contributed by atoms with van der Waals surface area (Å²) < 4.78 is 18.9. The van der Waals surface area contributed by atoms with E-state index in [1.807, 2.05) is 0 Å². The van der Waals surface area contributed by atoms with Crippen molar-refractivity contribution in [3.8, 4) is 5.75 Å². The fraction of sp³-hybridized carbons (Fsp3) is 0.462. The highest BCUT2D eigenvalue weighted by atomic mass is 19.1. The summed E-state index contributed by atoms with van der Waals surface area (Å²) in [4.78, 5) is 21.4. The highest BCUT2D eigenvalue weighted by Crippen LogP contribution is 2.40. The molecule has 1 atom stereocenters. The number of carbonyl (C=O) groups is 1. The molecule has 7 nitrogen and oxygen atoms in total. The summed E-state index contributed by atoms with van der Waals surface area (Å²) in [5, 5.41) is 13.4. The number of nitrogens with zero attached hydrogens (tertiary/aromatic N) is 1. The number of halogens is 1. The van der Waals surface area contributed by atoms with Crippen molar-refractivity contribution in [3.63, 3.8) is 0 Å². The molecule has 0 heterocycles. The molecule has 1 saturated carbocycles. The van der Waals surface area contributed by atoms with Crippen LogP contribution in [-0.2, 0) is 4.79 Å². The number of carbonyl (C=O) groups excluding carboxylic acids is 1. The third-order valence-corrected chi connectivity index (χ3v) is 3.74. The number of rotatable bonds is 7. The molecule has 0 bridgehead atoms. The van der Waals surface area contributed by atoms with Gasteiger partial charge in [-0.05, 0) is 31.9 Å². The van der Waals surface area contributed by atoms with E-state index in [9.17, 15) is 19.3 Å². The first-order valence-corrected chi connectivity index (χ1v) is 6.46. The first-order chi connectivity index (χ1) is 9.90. The summed E-state index contributed by atoms with van der Waals surface area (Å²) in [5.41, 5.74) is 3.81. The summed E-state index contributed by atoms with van der Waals surface area (Å²) >= 11 is 0. The van der Waals surface area contributed by atoms with Crippen LogP contribution in [0.2, 0.25) is 0 Å². The molecule has 114 valence electrons. The zero-order valence-electron chi connectivity index (χ0n) is 11.5. The Bertz CT molecular complexity index is 577. The number of amides is 1. The van der Waals surface area contributed by atoms with Gasteiger partial charge in [0, 0.05) is 12.1 Å². The minimum atomic E-state index is -1.00. The average Bonchev–Trinajstić information content (AvgIpc) is 3.24. The Hall–Kier alpha value is -2.22. The van der Waals surface area contributed by atoms with E-state index in [0.29, 0.717) is 0 Å². The minimum absolute atomic E-state index is 0.0548. The van der Waals surface area contributed by atoms with Crippen molar-refractivity contribution in [1.29, 1.82) is 0 Å². The zero-order valence-corrected chi connectivity index (χ0v) is 11.5. The Morgan fingerprint density at radius 3 is 2.71 bits per heavy atom. The molecule has 0 saturated heterocycles. The van der Waals surface area contributed by atoms with E-state index in [1.165, 1.54) is 6.07 Å². The van der Waals surface area contributed by atoms with Gasteiger partial charge in [-0.15, -0.1) is 0 Å². The van der Waals surface area contributed by atoms with Crippen molar-refractivity contribution in [3.05, 3.63) is 34.1 Å². The van der Waals surface area contributed by atoms with Crippen molar-refractivity contribution < 1.29 is 18.8 Å². The SMILES string of the molecule is CNC(COc1ccc([N+](=O)[O-])c(F)c1)(C(N)=O)C1CC1. The van der Waals surface area contributed by atoms with Crippen LogP contribution in [-0.4, -0.2) is 30.0 Å². The second-order valence-electron chi connectivity index (χ2n) is 5.02. The van der Waals surface area contributed by atoms with Crippen LogP contribution >= 0.6 is 0 Å². The fourth-order valence-corrected chi connectivity index (χ4v) is 2.29. The second-order valence-corrected chi connectivity index (χ2v) is 5.02. The van der Waals surface area contributed by atoms with Gasteiger partial charge in [-0.2, -0.15) is 4.39 Å². The number of nitro groups is 1. The topological polar surface area (TPSA) is 107 Å². The highest BCUT2D eigenvalue weighted by Gasteiger charge is 2.49. The number of hydrogen-bond donors (Lipinski definition) is 2. The lowest BCUT2D eigenvalue weighted by molar-refractivity contribution is -0.387. The lowest BCUT2D eigenvalue weighted by Gasteiger charge is -2.30. The summed E-state index contributed by atoms with van der Waals surface area (Å²) in [5.74, 6) is -1.32. The second kappa shape index (κ2) is 5.65. The molecule has 8 heteroatoms. The van der Waals surface area contributed by atoms with Crippen molar-refractivity contribution in [1.82, 2.24) is 5.32 Å². The average molecular weight is 297 g/mol. The van der Waals surface area contributed by atoms with Gasteiger partial charge >= 0.3 is 5.69 Å². The van der Waals surface area contributed by atoms with E-state index in [4.69, 9.17) is 10.5 Å². The van der Waals surface area contributed by atoms with Crippen LogP contribution in [0.25, 0.3) is 0 Å². The van der Waals surface area contributed by atoms with Crippen molar-refractivity contribution >= 4 is 11.6 Å². The minimum Gasteiger partial charge on any atom is -0.491 e. The molecule has 0 aromatic heterocycles. The lowest BCUT2D eigenvalue weighted by Crippen LogP contribution is -2.59. The number of ether oxygens (including phenoxy) is 1. The predicted molar refractivity (Wildman–Crippen MR) is 72.3 cm³/mol. The van der Waals surface area contributed by atoms with Gasteiger partial charge in [-0.1, -0.05) is 0 Å². The maximum atomic E-state index is 13.5. The molecule has 1 unspecified atom stereocenters. The van der Waals surface area contributed by atoms with Crippen LogP contribution in [0, 0.1) is 21.8 Å². The molecule has 1 aliphatic rings. The van der Waals surface area contributed by atoms with Crippen molar-refractivity contribution in [2.45, 2.75) is 18.4 Å². The Morgan fingerprint density at radius 1 is 1.62 bits per heavy atom. The molecule has 1 amide bonds. The van der Waals surface area contributed by atoms with Crippen LogP contribution in [0.1, 0.15) is 12.8 Å². The quantitative estimate of drug-likeness (QED) is 0.576. The molecule has 3 N–H and O–H groups in total. The van der Waals surface area contributed by atoms with Crippen molar-refractivity contribution in [2.75, 3.05) is 13.7 Å². The molecule has 1 aromatic rings. The molecular formula is C13H16FN3O4. The number of hydrogen-bond acceptors (Lipinski definition) is 5. The Balaban J connectivity index is 2.13. The van der Waals surface area contributed by atoms with Gasteiger partial charge in [0.25, 0.3) is 0 Å². The normalized spacial score (nSPS) is 17.0. The van der Waals surface area contributed by atoms with Gasteiger partial charge < -0.3 is 15.8 Å². The largest absolute Gasteiger partial charge is 0.491 e. The zero-order chi connectivity index (χ0) is 15.6. The van der Waals surface area contributed by atoms with Gasteiger partial charge in [-0.3, -0.25) is 14.9 Å². The molecule has 1 fully saturated rings. The van der Waals surface area contributed by atoms with E-state index in [-0.39, 0.29) is 18.3 Å². The molecule has 1 aromatic carbocycles. The van der Waals surface area contributed by atoms with Gasteiger partial charge in [0.2, 0.25) is 11.7 Å². The number of benzene rings is 1. The molecule has 2 rings (SSSR count). The summed E-state index contributed by atoms with van der Waals surface area (Å²) in [6.45, 7) is -0.0548. The van der Waals surface area contributed by atoms with Gasteiger partial charge in [-0.25, -0.2) is 0 Å². The summed E-state index contributed by atoms with van der Waals surface area (Å²) in [6.07, 6.45) is 1.73. The first kappa shape index (κ1) is 15.2. The maximum Gasteiger partial charge on any atom is 0.305 e. The monoisotopic (exact) mass is 297 g/mol. The van der Waals surface area contributed by atoms with E-state index in [2.05, 4.69) is 5.32 Å².